The number of anilines is 1. The van der Waals surface area contributed by atoms with Crippen molar-refractivity contribution in [1.82, 2.24) is 0 Å². The Morgan fingerprint density at radius 2 is 0.674 bits per heavy atom. The number of hydrogen-bond donors (Lipinski definition) is 1. The predicted octanol–water partition coefficient (Wildman–Crippen LogP) is 18.1. The summed E-state index contributed by atoms with van der Waals surface area (Å²) in [6.45, 7) is 12.5. The van der Waals surface area contributed by atoms with Crippen LogP contribution in [0.2, 0.25) is 0 Å². The molecule has 0 aromatic heterocycles. The molecule has 1 amide bonds. The average molecular weight is 1350 g/mol. The maximum Gasteiger partial charge on any atom is 0.236 e. The van der Waals surface area contributed by atoms with Gasteiger partial charge in [-0.25, -0.2) is 13.2 Å². The molecule has 0 spiro atoms. The van der Waals surface area contributed by atoms with Crippen LogP contribution in [0.3, 0.4) is 0 Å². The van der Waals surface area contributed by atoms with E-state index < -0.39 is 40.1 Å². The van der Waals surface area contributed by atoms with Crippen molar-refractivity contribution in [2.75, 3.05) is 5.32 Å². The van der Waals surface area contributed by atoms with E-state index in [1.54, 1.807) is 68.4 Å². The summed E-state index contributed by atoms with van der Waals surface area (Å²) in [5, 5.41) is 2.77. The first-order chi connectivity index (χ1) is 45.4. The van der Waals surface area contributed by atoms with Crippen molar-refractivity contribution < 1.29 is 56.3 Å². The van der Waals surface area contributed by atoms with Crippen molar-refractivity contribution >= 4 is 73.8 Å². The van der Waals surface area contributed by atoms with Gasteiger partial charge in [-0.2, -0.15) is 0 Å². The zero-order chi connectivity index (χ0) is 69.4. The standard InChI is InChI=1S/C26H24FNO3.C15H13FO.C14H10BrFO.2C13H16O2/c1-17(2)24(29)23(26(31)28-21-11-7-4-8-12-21)22(18-9-5-3-6-10-18)25(30)19-13-15-20(27)16-14-19;1-11(12-5-3-2-4-6-12)15(17)13-7-9-14(16)10-8-13;15-13(10-4-2-1-3-5-10)14(17)11-6-8-12(16)9-7-11;2*1-10(2)13(15)9-12(14)8-11-6-4-3-5-7-11/h3-17,22-23H,1-2H3,(H,28,31);2-11H,1H3;1-9,13H;2*3-7,10H,8-9H2,1-2H3. The van der Waals surface area contributed by atoms with Crippen LogP contribution in [-0.2, 0) is 41.6 Å². The van der Waals surface area contributed by atoms with Crippen LogP contribution in [0.5, 0.6) is 0 Å². The summed E-state index contributed by atoms with van der Waals surface area (Å²) in [7, 11) is 0. The number of Topliss-reactive ketones (excluding diaryl/α,β-unsaturated/α-hetero) is 8. The number of halogens is 4. The normalized spacial score (nSPS) is 11.8. The molecule has 0 aliphatic rings. The number of hydrogen-bond acceptors (Lipinski definition) is 9. The summed E-state index contributed by atoms with van der Waals surface area (Å²) in [5.74, 6) is -5.48. The highest BCUT2D eigenvalue weighted by Gasteiger charge is 2.41. The lowest BCUT2D eigenvalue weighted by molar-refractivity contribution is -0.134. The van der Waals surface area contributed by atoms with Crippen molar-refractivity contribution in [3.63, 3.8) is 0 Å². The molecule has 4 unspecified atom stereocenters. The first-order valence-corrected chi connectivity index (χ1v) is 32.1. The van der Waals surface area contributed by atoms with Crippen LogP contribution in [0.4, 0.5) is 18.9 Å². The van der Waals surface area contributed by atoms with Crippen LogP contribution in [0.1, 0.15) is 137 Å². The van der Waals surface area contributed by atoms with E-state index in [1.165, 1.54) is 72.8 Å². The van der Waals surface area contributed by atoms with Gasteiger partial charge in [0.1, 0.15) is 57.1 Å². The van der Waals surface area contributed by atoms with Gasteiger partial charge in [0.15, 0.2) is 17.3 Å². The Morgan fingerprint density at radius 1 is 0.358 bits per heavy atom. The minimum Gasteiger partial charge on any atom is -0.325 e. The van der Waals surface area contributed by atoms with E-state index in [1.807, 2.05) is 162 Å². The Balaban J connectivity index is 0.000000223. The Morgan fingerprint density at radius 3 is 1.03 bits per heavy atom. The van der Waals surface area contributed by atoms with Crippen LogP contribution in [0.15, 0.2) is 255 Å². The van der Waals surface area contributed by atoms with Crippen molar-refractivity contribution in [3.8, 4) is 0 Å². The number of para-hydroxylation sites is 1. The van der Waals surface area contributed by atoms with E-state index in [0.29, 0.717) is 35.2 Å². The van der Waals surface area contributed by atoms with E-state index in [-0.39, 0.29) is 88.3 Å². The lowest BCUT2D eigenvalue weighted by Gasteiger charge is -2.26. The fraction of sp³-hybridized carbons (Fsp3) is 0.222. The first kappa shape index (κ1) is 75.8. The molecule has 0 radical (unpaired) electrons. The number of amides is 1. The topological polar surface area (TPSA) is 166 Å². The lowest BCUT2D eigenvalue weighted by atomic mass is 9.75. The molecule has 1 N–H and O–H groups in total. The quantitative estimate of drug-likeness (QED) is 0.0352. The van der Waals surface area contributed by atoms with Crippen molar-refractivity contribution in [3.05, 3.63) is 317 Å². The van der Waals surface area contributed by atoms with E-state index >= 15 is 0 Å². The Labute approximate surface area is 563 Å². The molecule has 0 fully saturated rings. The summed E-state index contributed by atoms with van der Waals surface area (Å²) >= 11 is 3.36. The van der Waals surface area contributed by atoms with E-state index in [0.717, 1.165) is 22.3 Å². The van der Waals surface area contributed by atoms with Gasteiger partial charge in [0.25, 0.3) is 0 Å². The fourth-order valence-electron chi connectivity index (χ4n) is 9.35. The van der Waals surface area contributed by atoms with E-state index in [9.17, 15) is 56.3 Å². The van der Waals surface area contributed by atoms with Crippen LogP contribution < -0.4 is 5.32 Å². The maximum atomic E-state index is 13.5. The molecule has 0 saturated heterocycles. The summed E-state index contributed by atoms with van der Waals surface area (Å²) in [4.78, 5) is 110. The van der Waals surface area contributed by atoms with Gasteiger partial charge in [-0.1, -0.05) is 234 Å². The SMILES string of the molecule is CC(C(=O)c1ccc(F)cc1)c1ccccc1.CC(C)C(=O)C(C(=O)Nc1ccccc1)C(C(=O)c1ccc(F)cc1)c1ccccc1.CC(C)C(=O)CC(=O)Cc1ccccc1.CC(C)C(=O)CC(=O)Cc1ccccc1.O=C(c1ccc(F)cc1)C(Br)c1ccccc1. The van der Waals surface area contributed by atoms with Gasteiger partial charge in [0, 0.05) is 58.9 Å². The number of rotatable bonds is 24. The van der Waals surface area contributed by atoms with Gasteiger partial charge in [0.05, 0.1) is 18.8 Å². The molecule has 4 atom stereocenters. The van der Waals surface area contributed by atoms with Gasteiger partial charge in [-0.3, -0.25) is 43.2 Å². The molecule has 0 aliphatic carbocycles. The summed E-state index contributed by atoms with van der Waals surface area (Å²) in [6, 6.07) is 71.9. The van der Waals surface area contributed by atoms with Crippen molar-refractivity contribution in [2.45, 2.75) is 90.8 Å². The van der Waals surface area contributed by atoms with Gasteiger partial charge in [0.2, 0.25) is 5.91 Å². The lowest BCUT2D eigenvalue weighted by Crippen LogP contribution is -2.40. The summed E-state index contributed by atoms with van der Waals surface area (Å²) in [6.07, 6.45) is 0.845. The van der Waals surface area contributed by atoms with E-state index in [4.69, 9.17) is 0 Å². The number of nitrogens with one attached hydrogen (secondary N) is 1. The number of carbonyl (C=O) groups is 9. The zero-order valence-electron chi connectivity index (χ0n) is 54.3. The molecule has 0 bridgehead atoms. The highest BCUT2D eigenvalue weighted by Crippen LogP contribution is 2.33. The monoisotopic (exact) mass is 1350 g/mol. The third kappa shape index (κ3) is 25.8. The third-order valence-electron chi connectivity index (χ3n) is 14.9. The molecule has 0 heterocycles. The predicted molar refractivity (Wildman–Crippen MR) is 372 cm³/mol. The molecule has 9 rings (SSSR count). The van der Waals surface area contributed by atoms with Gasteiger partial charge >= 0.3 is 0 Å². The minimum absolute atomic E-state index is 0.0000926. The Kier molecular flexibility index (Phi) is 31.6. The number of ketones is 8. The van der Waals surface area contributed by atoms with Crippen molar-refractivity contribution in [2.24, 2.45) is 23.7 Å². The van der Waals surface area contributed by atoms with Crippen LogP contribution in [-0.4, -0.2) is 52.2 Å². The number of carbonyl (C=O) groups excluding carboxylic acids is 9. The maximum absolute atomic E-state index is 13.5. The fourth-order valence-corrected chi connectivity index (χ4v) is 9.92. The molecular formula is C81H79BrF3NO9. The van der Waals surface area contributed by atoms with Gasteiger partial charge in [-0.15, -0.1) is 0 Å². The molecule has 490 valence electrons. The van der Waals surface area contributed by atoms with Crippen LogP contribution in [0, 0.1) is 41.1 Å². The largest absolute Gasteiger partial charge is 0.325 e. The molecule has 0 saturated carbocycles. The van der Waals surface area contributed by atoms with Crippen LogP contribution >= 0.6 is 15.9 Å². The molecule has 9 aromatic carbocycles. The van der Waals surface area contributed by atoms with Crippen LogP contribution in [0.25, 0.3) is 0 Å². The Bertz CT molecular complexity index is 3720. The van der Waals surface area contributed by atoms with Crippen molar-refractivity contribution in [1.29, 1.82) is 0 Å². The number of benzene rings is 9. The molecule has 0 aliphatic heterocycles. The minimum atomic E-state index is -1.24. The second kappa shape index (κ2) is 39.6. The third-order valence-corrected chi connectivity index (χ3v) is 15.8. The molecule has 10 nitrogen and oxygen atoms in total. The number of alkyl halides is 1. The first-order valence-electron chi connectivity index (χ1n) is 31.2. The molecule has 9 aromatic rings. The second-order valence-corrected chi connectivity index (χ2v) is 24.2. The smallest absolute Gasteiger partial charge is 0.236 e. The zero-order valence-corrected chi connectivity index (χ0v) is 55.9. The molecule has 14 heteroatoms. The highest BCUT2D eigenvalue weighted by atomic mass is 79.9. The summed E-state index contributed by atoms with van der Waals surface area (Å²) < 4.78 is 38.9. The summed E-state index contributed by atoms with van der Waals surface area (Å²) in [5.41, 5.74) is 6.18. The van der Waals surface area contributed by atoms with Gasteiger partial charge < -0.3 is 5.32 Å². The highest BCUT2D eigenvalue weighted by molar-refractivity contribution is 9.09. The average Bonchev–Trinajstić information content (AvgIpc) is 0.801. The molecular weight excluding hydrogens is 1270 g/mol. The van der Waals surface area contributed by atoms with E-state index in [2.05, 4.69) is 21.2 Å². The second-order valence-electron chi connectivity index (χ2n) is 23.3. The van der Waals surface area contributed by atoms with Gasteiger partial charge in [-0.05, 0) is 113 Å². The Hall–Kier alpha value is -9.92. The molecule has 95 heavy (non-hydrogen) atoms.